The maximum atomic E-state index is 10.6. The van der Waals surface area contributed by atoms with Gasteiger partial charge in [-0.15, -0.1) is 0 Å². The lowest BCUT2D eigenvalue weighted by Gasteiger charge is -2.47. The van der Waals surface area contributed by atoms with E-state index in [9.17, 15) is 5.11 Å². The number of hydrogen-bond donors (Lipinski definition) is 2. The fraction of sp³-hybridized carbons (Fsp3) is 0.846. The highest BCUT2D eigenvalue weighted by atomic mass is 16.3. The van der Waals surface area contributed by atoms with Gasteiger partial charge in [0.15, 0.2) is 0 Å². The molecule has 0 aromatic rings. The largest absolute Gasteiger partial charge is 0.381 e. The smallest absolute Gasteiger partial charge is 0.133 e. The van der Waals surface area contributed by atoms with E-state index >= 15 is 0 Å². The Bertz CT molecular complexity index is 283. The lowest BCUT2D eigenvalue weighted by atomic mass is 9.61. The molecule has 2 nitrogen and oxygen atoms in total. The Morgan fingerprint density at radius 1 is 1.40 bits per heavy atom. The van der Waals surface area contributed by atoms with Crippen molar-refractivity contribution in [2.45, 2.75) is 58.7 Å². The van der Waals surface area contributed by atoms with Gasteiger partial charge in [-0.25, -0.2) is 0 Å². The molecule has 1 saturated carbocycles. The molecular formula is C13H22O2. The molecule has 3 unspecified atom stereocenters. The minimum Gasteiger partial charge on any atom is -0.381 e. The average molecular weight is 210 g/mol. The first kappa shape index (κ1) is 12.5. The van der Waals surface area contributed by atoms with E-state index in [0.717, 1.165) is 19.3 Å². The molecule has 3 atom stereocenters. The molecule has 86 valence electrons. The van der Waals surface area contributed by atoms with Crippen LogP contribution in [0.2, 0.25) is 0 Å². The van der Waals surface area contributed by atoms with Crippen molar-refractivity contribution in [1.82, 2.24) is 0 Å². The van der Waals surface area contributed by atoms with Gasteiger partial charge >= 0.3 is 0 Å². The lowest BCUT2D eigenvalue weighted by molar-refractivity contribution is -0.0862. The quantitative estimate of drug-likeness (QED) is 0.600. The zero-order chi connectivity index (χ0) is 11.7. The molecule has 0 aromatic heterocycles. The van der Waals surface area contributed by atoms with Gasteiger partial charge in [0.2, 0.25) is 0 Å². The van der Waals surface area contributed by atoms with Crippen LogP contribution in [0.4, 0.5) is 0 Å². The Morgan fingerprint density at radius 2 is 2.00 bits per heavy atom. The first-order valence-corrected chi connectivity index (χ1v) is 5.73. The summed E-state index contributed by atoms with van der Waals surface area (Å²) in [5, 5.41) is 19.8. The predicted molar refractivity (Wildman–Crippen MR) is 61.2 cm³/mol. The van der Waals surface area contributed by atoms with E-state index in [2.05, 4.69) is 25.7 Å². The van der Waals surface area contributed by atoms with Crippen molar-refractivity contribution in [2.24, 2.45) is 11.3 Å². The summed E-state index contributed by atoms with van der Waals surface area (Å²) in [6, 6.07) is 0. The van der Waals surface area contributed by atoms with Crippen molar-refractivity contribution < 1.29 is 10.2 Å². The second-order valence-corrected chi connectivity index (χ2v) is 5.39. The van der Waals surface area contributed by atoms with Crippen LogP contribution in [0.15, 0.2) is 0 Å². The van der Waals surface area contributed by atoms with Crippen molar-refractivity contribution in [1.29, 1.82) is 0 Å². The van der Waals surface area contributed by atoms with Crippen LogP contribution in [-0.4, -0.2) is 21.9 Å². The third-order valence-electron chi connectivity index (χ3n) is 3.66. The Balaban J connectivity index is 3.00. The minimum atomic E-state index is -0.956. The van der Waals surface area contributed by atoms with Crippen LogP contribution in [0.1, 0.15) is 47.0 Å². The Kier molecular flexibility index (Phi) is 3.48. The molecule has 2 heteroatoms. The highest BCUT2D eigenvalue weighted by Crippen LogP contribution is 2.46. The second kappa shape index (κ2) is 4.15. The Morgan fingerprint density at radius 3 is 2.47 bits per heavy atom. The fourth-order valence-corrected chi connectivity index (χ4v) is 2.42. The molecule has 1 aliphatic rings. The first-order valence-electron chi connectivity index (χ1n) is 5.73. The molecule has 0 heterocycles. The van der Waals surface area contributed by atoms with E-state index in [4.69, 9.17) is 5.11 Å². The Hall–Kier alpha value is -0.520. The molecule has 0 aromatic carbocycles. The molecule has 1 fully saturated rings. The van der Waals surface area contributed by atoms with E-state index < -0.39 is 11.7 Å². The maximum Gasteiger partial charge on any atom is 0.133 e. The van der Waals surface area contributed by atoms with Gasteiger partial charge in [0.1, 0.15) is 11.7 Å². The van der Waals surface area contributed by atoms with Crippen LogP contribution >= 0.6 is 0 Å². The van der Waals surface area contributed by atoms with Crippen LogP contribution in [-0.2, 0) is 0 Å². The van der Waals surface area contributed by atoms with Crippen LogP contribution < -0.4 is 0 Å². The van der Waals surface area contributed by atoms with E-state index in [0.29, 0.717) is 0 Å². The van der Waals surface area contributed by atoms with Crippen LogP contribution in [0.5, 0.6) is 0 Å². The van der Waals surface area contributed by atoms with Gasteiger partial charge in [0.25, 0.3) is 0 Å². The summed E-state index contributed by atoms with van der Waals surface area (Å²) in [6.45, 7) is 7.77. The maximum absolute atomic E-state index is 10.6. The summed E-state index contributed by atoms with van der Waals surface area (Å²) < 4.78 is 0. The molecule has 1 rings (SSSR count). The SMILES string of the molecule is CC(O)C#CC1(O)C(C)CCCC1(C)C. The predicted octanol–water partition coefficient (Wildman–Crippen LogP) is 1.95. The molecule has 0 saturated heterocycles. The molecule has 0 amide bonds. The molecule has 1 aliphatic carbocycles. The first-order chi connectivity index (χ1) is 6.79. The van der Waals surface area contributed by atoms with Crippen molar-refractivity contribution in [2.75, 3.05) is 0 Å². The van der Waals surface area contributed by atoms with Crippen molar-refractivity contribution in [3.05, 3.63) is 0 Å². The summed E-state index contributed by atoms with van der Waals surface area (Å²) in [6.07, 6.45) is 2.47. The average Bonchev–Trinajstić information content (AvgIpc) is 2.11. The molecule has 2 N–H and O–H groups in total. The van der Waals surface area contributed by atoms with E-state index in [-0.39, 0.29) is 11.3 Å². The number of hydrogen-bond acceptors (Lipinski definition) is 2. The third kappa shape index (κ3) is 2.35. The summed E-state index contributed by atoms with van der Waals surface area (Å²) in [4.78, 5) is 0. The van der Waals surface area contributed by atoms with Crippen LogP contribution in [0, 0.1) is 23.2 Å². The normalized spacial score (nSPS) is 36.5. The summed E-state index contributed by atoms with van der Waals surface area (Å²) in [5.41, 5.74) is -1.14. The van der Waals surface area contributed by atoms with Gasteiger partial charge in [0.05, 0.1) is 0 Å². The Labute approximate surface area is 92.7 Å². The van der Waals surface area contributed by atoms with Gasteiger partial charge in [-0.2, -0.15) is 0 Å². The number of aliphatic hydroxyl groups is 2. The van der Waals surface area contributed by atoms with E-state index in [1.807, 2.05) is 6.92 Å². The summed E-state index contributed by atoms with van der Waals surface area (Å²) in [7, 11) is 0. The van der Waals surface area contributed by atoms with Gasteiger partial charge in [-0.3, -0.25) is 0 Å². The molecule has 15 heavy (non-hydrogen) atoms. The molecule has 0 radical (unpaired) electrons. The molecule has 0 spiro atoms. The standard InChI is InChI=1S/C13H22O2/c1-10-6-5-8-12(3,4)13(10,15)9-7-11(2)14/h10-11,14-15H,5-6,8H2,1-4H3. The second-order valence-electron chi connectivity index (χ2n) is 5.39. The van der Waals surface area contributed by atoms with Crippen molar-refractivity contribution in [3.63, 3.8) is 0 Å². The number of aliphatic hydroxyl groups excluding tert-OH is 1. The van der Waals surface area contributed by atoms with Gasteiger partial charge in [-0.1, -0.05) is 39.0 Å². The molecule has 0 aliphatic heterocycles. The minimum absolute atomic E-state index is 0.174. The monoisotopic (exact) mass is 210 g/mol. The van der Waals surface area contributed by atoms with E-state index in [1.165, 1.54) is 0 Å². The van der Waals surface area contributed by atoms with Gasteiger partial charge in [-0.05, 0) is 25.7 Å². The zero-order valence-electron chi connectivity index (χ0n) is 10.2. The fourth-order valence-electron chi connectivity index (χ4n) is 2.42. The highest BCUT2D eigenvalue weighted by Gasteiger charge is 2.48. The van der Waals surface area contributed by atoms with Gasteiger partial charge < -0.3 is 10.2 Å². The van der Waals surface area contributed by atoms with Crippen LogP contribution in [0.3, 0.4) is 0 Å². The third-order valence-corrected chi connectivity index (χ3v) is 3.66. The molecular weight excluding hydrogens is 188 g/mol. The topological polar surface area (TPSA) is 40.5 Å². The van der Waals surface area contributed by atoms with Crippen molar-refractivity contribution >= 4 is 0 Å². The zero-order valence-corrected chi connectivity index (χ0v) is 10.2. The highest BCUT2D eigenvalue weighted by molar-refractivity contribution is 5.23. The lowest BCUT2D eigenvalue weighted by Crippen LogP contribution is -2.51. The molecule has 0 bridgehead atoms. The summed E-state index contributed by atoms with van der Waals surface area (Å²) >= 11 is 0. The van der Waals surface area contributed by atoms with Gasteiger partial charge in [0, 0.05) is 5.41 Å². The van der Waals surface area contributed by atoms with Crippen molar-refractivity contribution in [3.8, 4) is 11.8 Å². The summed E-state index contributed by atoms with van der Waals surface area (Å²) in [5.74, 6) is 5.76. The van der Waals surface area contributed by atoms with Crippen LogP contribution in [0.25, 0.3) is 0 Å². The number of rotatable bonds is 0. The van der Waals surface area contributed by atoms with E-state index in [1.54, 1.807) is 6.92 Å².